The predicted molar refractivity (Wildman–Crippen MR) is 53.1 cm³/mol. The van der Waals surface area contributed by atoms with E-state index in [1.807, 2.05) is 0 Å². The Labute approximate surface area is 104 Å². The second-order valence-corrected chi connectivity index (χ2v) is 3.37. The van der Waals surface area contributed by atoms with E-state index in [9.17, 15) is 22.0 Å². The predicted octanol–water partition coefficient (Wildman–Crippen LogP) is 2.44. The first-order chi connectivity index (χ1) is 8.78. The molecule has 0 radical (unpaired) electrons. The summed E-state index contributed by atoms with van der Waals surface area (Å²) >= 11 is 0. The Hall–Kier alpha value is -1.95. The van der Waals surface area contributed by atoms with E-state index in [1.165, 1.54) is 0 Å². The Kier molecular flexibility index (Phi) is 4.61. The number of aromatic nitrogens is 1. The molecule has 1 heterocycles. The molecule has 1 aromatic rings. The van der Waals surface area contributed by atoms with Crippen molar-refractivity contribution in [2.24, 2.45) is 5.73 Å². The van der Waals surface area contributed by atoms with Gasteiger partial charge in [0.05, 0.1) is 18.2 Å². The van der Waals surface area contributed by atoms with Crippen LogP contribution in [-0.2, 0) is 13.0 Å². The fraction of sp³-hybridized carbons (Fsp3) is 0.400. The van der Waals surface area contributed by atoms with Crippen LogP contribution in [-0.4, -0.2) is 11.3 Å². The molecule has 9 heteroatoms. The van der Waals surface area contributed by atoms with E-state index in [1.54, 1.807) is 6.07 Å². The number of pyridine rings is 1. The lowest BCUT2D eigenvalue weighted by molar-refractivity contribution is -0.275. The molecule has 4 nitrogen and oxygen atoms in total. The maximum Gasteiger partial charge on any atom is 0.573 e. The molecule has 0 aliphatic heterocycles. The SMILES string of the molecule is N#CCc1cc(CN)nc(C(F)F)c1OC(F)(F)F. The van der Waals surface area contributed by atoms with Crippen LogP contribution in [0.4, 0.5) is 22.0 Å². The van der Waals surface area contributed by atoms with Gasteiger partial charge in [-0.15, -0.1) is 13.2 Å². The van der Waals surface area contributed by atoms with Gasteiger partial charge in [-0.05, 0) is 6.07 Å². The third-order valence-corrected chi connectivity index (χ3v) is 2.03. The number of halogens is 5. The Morgan fingerprint density at radius 3 is 2.47 bits per heavy atom. The van der Waals surface area contributed by atoms with Gasteiger partial charge >= 0.3 is 6.36 Å². The smallest absolute Gasteiger partial charge is 0.403 e. The minimum Gasteiger partial charge on any atom is -0.403 e. The molecule has 0 spiro atoms. The van der Waals surface area contributed by atoms with Crippen molar-refractivity contribution < 1.29 is 26.7 Å². The summed E-state index contributed by atoms with van der Waals surface area (Å²) in [6.07, 6.45) is -8.96. The van der Waals surface area contributed by atoms with Crippen LogP contribution in [0, 0.1) is 11.3 Å². The second kappa shape index (κ2) is 5.79. The summed E-state index contributed by atoms with van der Waals surface area (Å²) in [5, 5.41) is 8.51. The molecule has 19 heavy (non-hydrogen) atoms. The fourth-order valence-electron chi connectivity index (χ4n) is 1.37. The van der Waals surface area contributed by atoms with Crippen molar-refractivity contribution in [3.63, 3.8) is 0 Å². The van der Waals surface area contributed by atoms with E-state index in [2.05, 4.69) is 9.72 Å². The van der Waals surface area contributed by atoms with Crippen LogP contribution in [0.5, 0.6) is 5.75 Å². The summed E-state index contributed by atoms with van der Waals surface area (Å²) < 4.78 is 65.5. The Bertz CT molecular complexity index is 495. The molecule has 0 aromatic carbocycles. The number of nitrogens with zero attached hydrogens (tertiary/aromatic N) is 2. The first kappa shape index (κ1) is 15.1. The van der Waals surface area contributed by atoms with Crippen LogP contribution in [0.15, 0.2) is 6.07 Å². The number of rotatable bonds is 4. The van der Waals surface area contributed by atoms with E-state index in [-0.39, 0.29) is 17.8 Å². The lowest BCUT2D eigenvalue weighted by Gasteiger charge is -2.16. The zero-order valence-corrected chi connectivity index (χ0v) is 9.34. The third kappa shape index (κ3) is 4.03. The van der Waals surface area contributed by atoms with E-state index in [4.69, 9.17) is 11.0 Å². The molecule has 0 atom stereocenters. The van der Waals surface area contributed by atoms with Crippen molar-refractivity contribution >= 4 is 0 Å². The van der Waals surface area contributed by atoms with Crippen LogP contribution in [0.3, 0.4) is 0 Å². The topological polar surface area (TPSA) is 71.9 Å². The Balaban J connectivity index is 3.41. The Morgan fingerprint density at radius 1 is 1.42 bits per heavy atom. The van der Waals surface area contributed by atoms with Crippen molar-refractivity contribution in [2.75, 3.05) is 0 Å². The summed E-state index contributed by atoms with van der Waals surface area (Å²) in [7, 11) is 0. The summed E-state index contributed by atoms with van der Waals surface area (Å²) in [5.41, 5.74) is 3.66. The van der Waals surface area contributed by atoms with Crippen LogP contribution in [0.1, 0.15) is 23.4 Å². The summed E-state index contributed by atoms with van der Waals surface area (Å²) in [4.78, 5) is 3.31. The molecular formula is C10H8F5N3O. The maximum atomic E-state index is 12.7. The summed E-state index contributed by atoms with van der Waals surface area (Å²) in [6.45, 7) is -0.246. The molecule has 104 valence electrons. The number of nitrogens with two attached hydrogens (primary N) is 1. The lowest BCUT2D eigenvalue weighted by Crippen LogP contribution is -2.20. The highest BCUT2D eigenvalue weighted by Gasteiger charge is 2.35. The van der Waals surface area contributed by atoms with Crippen LogP contribution in [0.2, 0.25) is 0 Å². The minimum atomic E-state index is -5.15. The van der Waals surface area contributed by atoms with E-state index >= 15 is 0 Å². The van der Waals surface area contributed by atoms with Gasteiger partial charge in [0.2, 0.25) is 0 Å². The standard InChI is InChI=1S/C10H8F5N3O/c11-9(12)7-8(19-10(13,14)15)5(1-2-16)3-6(4-17)18-7/h3,9H,1,4,17H2. The van der Waals surface area contributed by atoms with E-state index in [0.29, 0.717) is 0 Å². The summed E-state index contributed by atoms with van der Waals surface area (Å²) in [5.74, 6) is -1.14. The molecule has 0 bridgehead atoms. The largest absolute Gasteiger partial charge is 0.573 e. The fourth-order valence-corrected chi connectivity index (χ4v) is 1.37. The normalized spacial score (nSPS) is 11.5. The zero-order valence-electron chi connectivity index (χ0n) is 9.34. The number of nitriles is 1. The molecule has 0 amide bonds. The molecule has 0 saturated carbocycles. The minimum absolute atomic E-state index is 0.0462. The molecule has 0 unspecified atom stereocenters. The average Bonchev–Trinajstić information content (AvgIpc) is 2.29. The van der Waals surface area contributed by atoms with E-state index < -0.39 is 30.7 Å². The first-order valence-corrected chi connectivity index (χ1v) is 4.92. The molecule has 0 saturated heterocycles. The first-order valence-electron chi connectivity index (χ1n) is 4.92. The van der Waals surface area contributed by atoms with Crippen LogP contribution < -0.4 is 10.5 Å². The van der Waals surface area contributed by atoms with Crippen molar-refractivity contribution in [3.05, 3.63) is 23.0 Å². The zero-order chi connectivity index (χ0) is 14.6. The maximum absolute atomic E-state index is 12.7. The highest BCUT2D eigenvalue weighted by molar-refractivity contribution is 5.41. The average molecular weight is 281 g/mol. The highest BCUT2D eigenvalue weighted by Crippen LogP contribution is 2.35. The van der Waals surface area contributed by atoms with Crippen molar-refractivity contribution in [1.29, 1.82) is 5.26 Å². The van der Waals surface area contributed by atoms with Gasteiger partial charge in [0, 0.05) is 12.1 Å². The molecule has 0 aliphatic carbocycles. The molecule has 1 rings (SSSR count). The molecule has 0 fully saturated rings. The molecule has 0 aliphatic rings. The number of hydrogen-bond donors (Lipinski definition) is 1. The van der Waals surface area contributed by atoms with Crippen molar-refractivity contribution in [3.8, 4) is 11.8 Å². The molecular weight excluding hydrogens is 273 g/mol. The quantitative estimate of drug-likeness (QED) is 0.860. The van der Waals surface area contributed by atoms with Crippen LogP contribution in [0.25, 0.3) is 0 Å². The van der Waals surface area contributed by atoms with Gasteiger partial charge < -0.3 is 10.5 Å². The summed E-state index contributed by atoms with van der Waals surface area (Å²) in [6, 6.07) is 2.60. The van der Waals surface area contributed by atoms with Gasteiger partial charge in [-0.25, -0.2) is 13.8 Å². The van der Waals surface area contributed by atoms with E-state index in [0.717, 1.165) is 6.07 Å². The third-order valence-electron chi connectivity index (χ3n) is 2.03. The molecule has 1 aromatic heterocycles. The Morgan fingerprint density at radius 2 is 2.05 bits per heavy atom. The number of hydrogen-bond acceptors (Lipinski definition) is 4. The monoisotopic (exact) mass is 281 g/mol. The van der Waals surface area contributed by atoms with Gasteiger partial charge in [-0.2, -0.15) is 5.26 Å². The van der Waals surface area contributed by atoms with Crippen molar-refractivity contribution in [2.45, 2.75) is 25.8 Å². The second-order valence-electron chi connectivity index (χ2n) is 3.37. The van der Waals surface area contributed by atoms with Gasteiger partial charge in [0.15, 0.2) is 5.75 Å². The lowest BCUT2D eigenvalue weighted by atomic mass is 10.1. The van der Waals surface area contributed by atoms with Crippen LogP contribution >= 0.6 is 0 Å². The van der Waals surface area contributed by atoms with Gasteiger partial charge in [-0.3, -0.25) is 0 Å². The highest BCUT2D eigenvalue weighted by atomic mass is 19.4. The number of alkyl halides is 5. The number of ether oxygens (including phenoxy) is 1. The van der Waals surface area contributed by atoms with Gasteiger partial charge in [-0.1, -0.05) is 0 Å². The van der Waals surface area contributed by atoms with Gasteiger partial charge in [0.25, 0.3) is 6.43 Å². The van der Waals surface area contributed by atoms with Crippen molar-refractivity contribution in [1.82, 2.24) is 4.98 Å². The molecule has 2 N–H and O–H groups in total. The van der Waals surface area contributed by atoms with Gasteiger partial charge in [0.1, 0.15) is 5.69 Å².